The molecule has 3 rings (SSSR count). The number of ether oxygens (including phenoxy) is 1. The van der Waals surface area contributed by atoms with Crippen molar-refractivity contribution in [3.8, 4) is 0 Å². The SMILES string of the molecule is CCCC(CC1(C)CCC2C(CCC(CC(C)C)C2(CC)COC)C1)C(=O)CC.CNN/N=C1\CC=CC=C(Cl)C1.CO. The van der Waals surface area contributed by atoms with Crippen LogP contribution in [-0.4, -0.2) is 44.5 Å². The van der Waals surface area contributed by atoms with E-state index in [4.69, 9.17) is 21.4 Å². The Labute approximate surface area is 269 Å². The fraction of sp³-hybridized carbons (Fsp3) is 0.833. The third-order valence-corrected chi connectivity index (χ3v) is 10.6. The van der Waals surface area contributed by atoms with Crippen molar-refractivity contribution in [3.05, 3.63) is 23.3 Å². The van der Waals surface area contributed by atoms with Crippen LogP contribution in [0.25, 0.3) is 0 Å². The molecule has 0 heterocycles. The number of nitrogens with zero attached hydrogens (tertiary/aromatic N) is 1. The molecule has 2 fully saturated rings. The Bertz CT molecular complexity index is 889. The number of carbonyl (C=O) groups is 1. The van der Waals surface area contributed by atoms with E-state index in [-0.39, 0.29) is 0 Å². The minimum atomic E-state index is 0.290. The second-order valence-electron chi connectivity index (χ2n) is 13.8. The van der Waals surface area contributed by atoms with Crippen molar-refractivity contribution in [1.82, 2.24) is 11.0 Å². The number of allylic oxidation sites excluding steroid dienone is 4. The zero-order chi connectivity index (χ0) is 32.5. The molecule has 3 N–H and O–H groups in total. The first kappa shape index (κ1) is 39.8. The van der Waals surface area contributed by atoms with E-state index >= 15 is 0 Å². The van der Waals surface area contributed by atoms with Crippen molar-refractivity contribution >= 4 is 23.1 Å². The maximum Gasteiger partial charge on any atom is 0.135 e. The van der Waals surface area contributed by atoms with Crippen LogP contribution in [0.4, 0.5) is 0 Å². The number of hydrogen-bond acceptors (Lipinski definition) is 6. The number of rotatable bonds is 13. The van der Waals surface area contributed by atoms with Gasteiger partial charge in [0.1, 0.15) is 5.78 Å². The van der Waals surface area contributed by atoms with Gasteiger partial charge in [0.2, 0.25) is 0 Å². The van der Waals surface area contributed by atoms with Gasteiger partial charge in [0.25, 0.3) is 0 Å². The van der Waals surface area contributed by atoms with E-state index in [0.29, 0.717) is 29.0 Å². The minimum Gasteiger partial charge on any atom is -0.400 e. The summed E-state index contributed by atoms with van der Waals surface area (Å²) in [7, 11) is 4.68. The predicted octanol–water partition coefficient (Wildman–Crippen LogP) is 8.84. The average Bonchev–Trinajstić information content (AvgIpc) is 3.21. The van der Waals surface area contributed by atoms with Gasteiger partial charge < -0.3 is 9.84 Å². The van der Waals surface area contributed by atoms with Crippen LogP contribution >= 0.6 is 11.6 Å². The quantitative estimate of drug-likeness (QED) is 0.179. The number of hydrogen-bond donors (Lipinski definition) is 3. The molecule has 6 nitrogen and oxygen atoms in total. The van der Waals surface area contributed by atoms with Crippen LogP contribution < -0.4 is 11.0 Å². The Morgan fingerprint density at radius 1 is 1.21 bits per heavy atom. The van der Waals surface area contributed by atoms with Gasteiger partial charge in [0.15, 0.2) is 0 Å². The lowest BCUT2D eigenvalue weighted by atomic mass is 9.48. The fourth-order valence-electron chi connectivity index (χ4n) is 8.47. The topological polar surface area (TPSA) is 83.0 Å². The van der Waals surface area contributed by atoms with Crippen LogP contribution in [0.1, 0.15) is 125 Å². The number of hydrazine groups is 1. The highest BCUT2D eigenvalue weighted by Gasteiger charge is 2.53. The van der Waals surface area contributed by atoms with Crippen LogP contribution in [-0.2, 0) is 9.53 Å². The normalized spacial score (nSPS) is 30.2. The van der Waals surface area contributed by atoms with Gasteiger partial charge in [-0.25, -0.2) is 11.0 Å². The highest BCUT2D eigenvalue weighted by Crippen LogP contribution is 2.60. The molecule has 0 amide bonds. The molecule has 250 valence electrons. The molecule has 0 bridgehead atoms. The molecule has 6 atom stereocenters. The van der Waals surface area contributed by atoms with Crippen LogP contribution in [0.15, 0.2) is 28.4 Å². The zero-order valence-corrected chi connectivity index (χ0v) is 29.9. The van der Waals surface area contributed by atoms with E-state index in [1.807, 2.05) is 32.3 Å². The van der Waals surface area contributed by atoms with Crippen molar-refractivity contribution in [2.24, 2.45) is 45.5 Å². The van der Waals surface area contributed by atoms with Gasteiger partial charge >= 0.3 is 0 Å². The summed E-state index contributed by atoms with van der Waals surface area (Å²) in [6.45, 7) is 14.9. The van der Waals surface area contributed by atoms with Crippen LogP contribution in [0.2, 0.25) is 0 Å². The van der Waals surface area contributed by atoms with Crippen LogP contribution in [0, 0.1) is 40.4 Å². The Morgan fingerprint density at radius 3 is 2.51 bits per heavy atom. The number of ketones is 1. The second kappa shape index (κ2) is 20.7. The van der Waals surface area contributed by atoms with Gasteiger partial charge in [0, 0.05) is 57.2 Å². The maximum atomic E-state index is 12.6. The molecular formula is C36H66ClN3O3. The second-order valence-corrected chi connectivity index (χ2v) is 14.3. The van der Waals surface area contributed by atoms with Gasteiger partial charge in [-0.2, -0.15) is 5.10 Å². The van der Waals surface area contributed by atoms with Crippen molar-refractivity contribution in [1.29, 1.82) is 0 Å². The van der Waals surface area contributed by atoms with Crippen molar-refractivity contribution in [2.75, 3.05) is 27.9 Å². The molecule has 0 aromatic heterocycles. The van der Waals surface area contributed by atoms with E-state index in [0.717, 1.165) is 80.2 Å². The third kappa shape index (κ3) is 12.2. The molecule has 7 heteroatoms. The first-order valence-corrected chi connectivity index (χ1v) is 17.4. The minimum absolute atomic E-state index is 0.290. The number of carbonyl (C=O) groups excluding carboxylic acids is 1. The lowest BCUT2D eigenvalue weighted by molar-refractivity contribution is -0.127. The van der Waals surface area contributed by atoms with Gasteiger partial charge in [-0.05, 0) is 98.4 Å². The van der Waals surface area contributed by atoms with Crippen LogP contribution in [0.5, 0.6) is 0 Å². The summed E-state index contributed by atoms with van der Waals surface area (Å²) in [5, 5.41) is 11.9. The van der Waals surface area contributed by atoms with Crippen molar-refractivity contribution in [3.63, 3.8) is 0 Å². The molecule has 0 spiro atoms. The Hall–Kier alpha value is -1.21. The van der Waals surface area contributed by atoms with Gasteiger partial charge in [-0.3, -0.25) is 4.79 Å². The first-order chi connectivity index (χ1) is 20.6. The predicted molar refractivity (Wildman–Crippen MR) is 184 cm³/mol. The number of aliphatic hydroxyl groups excluding tert-OH is 1. The molecule has 0 aromatic carbocycles. The summed E-state index contributed by atoms with van der Waals surface area (Å²) in [6.07, 6.45) is 20.8. The molecule has 0 radical (unpaired) electrons. The van der Waals surface area contributed by atoms with Gasteiger partial charge in [0.05, 0.1) is 6.61 Å². The monoisotopic (exact) mass is 623 g/mol. The molecule has 3 aliphatic rings. The summed E-state index contributed by atoms with van der Waals surface area (Å²) in [5.41, 5.74) is 7.15. The van der Waals surface area contributed by atoms with E-state index in [9.17, 15) is 4.79 Å². The van der Waals surface area contributed by atoms with E-state index in [1.165, 1.54) is 44.9 Å². The number of hydrazone groups is 1. The summed E-state index contributed by atoms with van der Waals surface area (Å²) in [6, 6.07) is 0. The molecule has 2 saturated carbocycles. The van der Waals surface area contributed by atoms with Gasteiger partial charge in [-0.1, -0.05) is 71.7 Å². The standard InChI is InChI=1S/C27H50O2.C8H12ClN3.CH4O/c1-8-11-22(25(28)9-2)18-26(6)15-14-24-21(17-26)12-13-23(16-20(4)5)27(24,10-3)19-29-7;1-10-12-11-8-5-3-2-4-7(9)6-8;1-2/h20-24H,8-19H2,1-7H3;2-4,10,12H,5-6H2,1H3;2H,1H3/b;11-8+;. The fourth-order valence-corrected chi connectivity index (χ4v) is 8.69. The highest BCUT2D eigenvalue weighted by atomic mass is 35.5. The van der Waals surface area contributed by atoms with E-state index < -0.39 is 0 Å². The molecule has 0 saturated heterocycles. The Kier molecular flexibility index (Phi) is 19.2. The Morgan fingerprint density at radius 2 is 1.93 bits per heavy atom. The lowest BCUT2D eigenvalue weighted by Gasteiger charge is -2.58. The lowest BCUT2D eigenvalue weighted by Crippen LogP contribution is -2.52. The van der Waals surface area contributed by atoms with Crippen molar-refractivity contribution in [2.45, 2.75) is 125 Å². The van der Waals surface area contributed by atoms with Gasteiger partial charge in [-0.15, -0.1) is 0 Å². The molecule has 6 unspecified atom stereocenters. The summed E-state index contributed by atoms with van der Waals surface area (Å²) in [4.78, 5) is 12.6. The third-order valence-electron chi connectivity index (χ3n) is 10.3. The summed E-state index contributed by atoms with van der Waals surface area (Å²) >= 11 is 5.88. The van der Waals surface area contributed by atoms with Crippen LogP contribution in [0.3, 0.4) is 0 Å². The number of nitrogens with one attached hydrogen (secondary N) is 2. The number of methoxy groups -OCH3 is 1. The number of fused-ring (bicyclic) bond motifs is 1. The van der Waals surface area contributed by atoms with E-state index in [2.05, 4.69) is 50.7 Å². The first-order valence-electron chi connectivity index (χ1n) is 17.0. The Balaban J connectivity index is 0.000000549. The molecule has 3 aliphatic carbocycles. The number of halogens is 1. The highest BCUT2D eigenvalue weighted by molar-refractivity contribution is 6.31. The number of aliphatic hydroxyl groups is 1. The maximum absolute atomic E-state index is 12.6. The molecule has 0 aliphatic heterocycles. The smallest absolute Gasteiger partial charge is 0.135 e. The van der Waals surface area contributed by atoms with E-state index in [1.54, 1.807) is 7.05 Å². The molecule has 43 heavy (non-hydrogen) atoms. The molecular weight excluding hydrogens is 558 g/mol. The largest absolute Gasteiger partial charge is 0.400 e. The van der Waals surface area contributed by atoms with Crippen molar-refractivity contribution < 1.29 is 14.6 Å². The number of Topliss-reactive ketones (excluding diaryl/α,β-unsaturated/α-hetero) is 1. The zero-order valence-electron chi connectivity index (χ0n) is 29.1. The summed E-state index contributed by atoms with van der Waals surface area (Å²) in [5.74, 6) is 4.00. The summed E-state index contributed by atoms with van der Waals surface area (Å²) < 4.78 is 5.89. The average molecular weight is 624 g/mol. The molecule has 0 aromatic rings.